The van der Waals surface area contributed by atoms with Crippen molar-refractivity contribution in [3.63, 3.8) is 0 Å². The molecule has 0 aromatic carbocycles. The number of hydrogen-bond acceptors (Lipinski definition) is 8. The Hall–Kier alpha value is -1.10. The second-order valence-electron chi connectivity index (χ2n) is 21.3. The summed E-state index contributed by atoms with van der Waals surface area (Å²) in [6.07, 6.45) is 21.3. The Morgan fingerprint density at radius 3 is 2.40 bits per heavy atom. The maximum absolute atomic E-state index is 14.3. The molecule has 1 spiro atoms. The number of ketones is 1. The number of fused-ring (bicyclic) bond motifs is 6. The van der Waals surface area contributed by atoms with Gasteiger partial charge in [-0.15, -0.1) is 0 Å². The lowest BCUT2D eigenvalue weighted by atomic mass is 9.37. The SMILES string of the molecule is C[C@@H]1[C@H](O)C/C(=C2/CCCC3(CCCC3)C2)C(C)(C)C[C@@H](n2ccnc2)CSSC[C@H]2C[C@H]1[C@@]1(C)C[C@H]3CC[C@@H]4[C@H](O)[C@H](O)C[C@H]5C(=O)C=C([C@H]3[C@@]45C)[C@]21O. The van der Waals surface area contributed by atoms with Gasteiger partial charge in [-0.25, -0.2) is 4.98 Å². The van der Waals surface area contributed by atoms with Crippen molar-refractivity contribution in [1.82, 2.24) is 9.55 Å². The van der Waals surface area contributed by atoms with Crippen molar-refractivity contribution in [1.29, 1.82) is 0 Å². The van der Waals surface area contributed by atoms with Gasteiger partial charge in [0.1, 0.15) is 0 Å². The fraction of sp³-hybridized carbons (Fsp3) is 0.826. The minimum Gasteiger partial charge on any atom is -0.393 e. The quantitative estimate of drug-likeness (QED) is 0.165. The number of allylic oxidation sites excluding steroid dienone is 2. The summed E-state index contributed by atoms with van der Waals surface area (Å²) in [6, 6.07) is 0.245. The van der Waals surface area contributed by atoms with E-state index in [1.54, 1.807) is 5.57 Å². The smallest absolute Gasteiger partial charge is 0.159 e. The topological polar surface area (TPSA) is 116 Å². The Bertz CT molecular complexity index is 1700. The van der Waals surface area contributed by atoms with Crippen LogP contribution in [0, 0.1) is 63.1 Å². The highest BCUT2D eigenvalue weighted by Crippen LogP contribution is 2.74. The van der Waals surface area contributed by atoms with Crippen LogP contribution in [0.2, 0.25) is 0 Å². The average Bonchev–Trinajstić information content (AvgIpc) is 3.89. The number of carbonyl (C=O) groups excluding carboxylic acids is 1. The Morgan fingerprint density at radius 2 is 1.65 bits per heavy atom. The number of aliphatic hydroxyl groups is 4. The number of aliphatic hydroxyl groups excluding tert-OH is 3. The van der Waals surface area contributed by atoms with Gasteiger partial charge in [0.2, 0.25) is 0 Å². The molecule has 8 aliphatic rings. The summed E-state index contributed by atoms with van der Waals surface area (Å²) >= 11 is 0. The minimum absolute atomic E-state index is 0.00681. The van der Waals surface area contributed by atoms with Crippen LogP contribution in [0.15, 0.2) is 41.5 Å². The van der Waals surface area contributed by atoms with Crippen molar-refractivity contribution in [3.8, 4) is 0 Å². The van der Waals surface area contributed by atoms with Gasteiger partial charge in [-0.05, 0) is 141 Å². The monoisotopic (exact) mass is 792 g/mol. The predicted octanol–water partition coefficient (Wildman–Crippen LogP) is 8.73. The summed E-state index contributed by atoms with van der Waals surface area (Å²) in [5.74, 6) is 1.56. The summed E-state index contributed by atoms with van der Waals surface area (Å²) in [7, 11) is 3.80. The Labute approximate surface area is 337 Å². The molecule has 4 N–H and O–H groups in total. The van der Waals surface area contributed by atoms with Crippen LogP contribution in [-0.4, -0.2) is 71.2 Å². The molecule has 9 heteroatoms. The standard InChI is InChI=1S/C46H68N2O5S2/c1-27-33-17-30(46(53)36-20-38(50)35-19-39(51)41(52)32-11-10-29(21-43(33,46)4)40(36)44(32,35)5)24-54-55-25-31(48-16-15-47-26-48)23-42(2,3)34(18-37(27)49)28-9-8-14-45(22-28)12-6-7-13-45/h15-16,20,26-27,29-33,35,37,39-41,49,51-53H,6-14,17-19,21-25H2,1-5H3/b34-28+/t27-,29+,30+,31+,32+,33+,35-,37+,39+,40-,41-,43+,44-,46+/m0/s1. The lowest BCUT2D eigenvalue weighted by molar-refractivity contribution is -0.208. The molecule has 7 nitrogen and oxygen atoms in total. The average molecular weight is 793 g/mol. The van der Waals surface area contributed by atoms with Gasteiger partial charge in [0.25, 0.3) is 0 Å². The molecule has 14 atom stereocenters. The molecule has 7 fully saturated rings. The lowest BCUT2D eigenvalue weighted by Gasteiger charge is -2.67. The normalized spacial score (nSPS) is 49.5. The second kappa shape index (κ2) is 14.0. The highest BCUT2D eigenvalue weighted by molar-refractivity contribution is 8.76. The Kier molecular flexibility index (Phi) is 10.0. The van der Waals surface area contributed by atoms with Gasteiger partial charge in [-0.2, -0.15) is 0 Å². The summed E-state index contributed by atoms with van der Waals surface area (Å²) < 4.78 is 2.30. The Morgan fingerprint density at radius 1 is 0.909 bits per heavy atom. The summed E-state index contributed by atoms with van der Waals surface area (Å²) in [4.78, 5) is 18.8. The van der Waals surface area contributed by atoms with Crippen molar-refractivity contribution < 1.29 is 25.2 Å². The van der Waals surface area contributed by atoms with Crippen molar-refractivity contribution >= 4 is 27.4 Å². The van der Waals surface area contributed by atoms with Gasteiger partial charge in [0.05, 0.1) is 30.2 Å². The molecule has 0 amide bonds. The maximum atomic E-state index is 14.3. The molecule has 2 bridgehead atoms. The van der Waals surface area contributed by atoms with Gasteiger partial charge in [0.15, 0.2) is 5.78 Å². The van der Waals surface area contributed by atoms with E-state index >= 15 is 0 Å². The maximum Gasteiger partial charge on any atom is 0.159 e. The van der Waals surface area contributed by atoms with E-state index < -0.39 is 34.7 Å². The van der Waals surface area contributed by atoms with E-state index in [2.05, 4.69) is 50.4 Å². The highest BCUT2D eigenvalue weighted by atomic mass is 33.1. The molecule has 6 saturated carbocycles. The van der Waals surface area contributed by atoms with Crippen LogP contribution in [-0.2, 0) is 4.79 Å². The molecule has 1 aliphatic heterocycles. The first-order chi connectivity index (χ1) is 26.1. The number of hydrogen-bond donors (Lipinski definition) is 4. The first-order valence-corrected chi connectivity index (χ1v) is 24.6. The van der Waals surface area contributed by atoms with E-state index in [1.165, 1.54) is 50.5 Å². The minimum atomic E-state index is -1.18. The van der Waals surface area contributed by atoms with Crippen LogP contribution in [0.25, 0.3) is 0 Å². The zero-order valence-corrected chi connectivity index (χ0v) is 35.7. The number of carbonyl (C=O) groups is 1. The largest absolute Gasteiger partial charge is 0.393 e. The van der Waals surface area contributed by atoms with E-state index in [9.17, 15) is 25.2 Å². The van der Waals surface area contributed by atoms with Crippen LogP contribution in [0.4, 0.5) is 0 Å². The number of imidazole rings is 1. The van der Waals surface area contributed by atoms with Crippen LogP contribution in [0.1, 0.15) is 137 Å². The van der Waals surface area contributed by atoms with Crippen molar-refractivity contribution in [2.24, 2.45) is 63.1 Å². The van der Waals surface area contributed by atoms with Crippen LogP contribution < -0.4 is 0 Å². The molecule has 7 aliphatic carbocycles. The van der Waals surface area contributed by atoms with E-state index in [-0.39, 0.29) is 52.7 Å². The molecule has 0 radical (unpaired) electrons. The molecular formula is C46H68N2O5S2. The van der Waals surface area contributed by atoms with E-state index in [1.807, 2.05) is 40.2 Å². The summed E-state index contributed by atoms with van der Waals surface area (Å²) in [5, 5.41) is 48.9. The third kappa shape index (κ3) is 5.94. The van der Waals surface area contributed by atoms with Crippen molar-refractivity contribution in [2.75, 3.05) is 11.5 Å². The first kappa shape index (κ1) is 39.4. The second-order valence-corrected chi connectivity index (χ2v) is 23.9. The number of aromatic nitrogens is 2. The van der Waals surface area contributed by atoms with Crippen molar-refractivity contribution in [2.45, 2.75) is 161 Å². The molecule has 1 aromatic rings. The van der Waals surface area contributed by atoms with E-state index in [0.717, 1.165) is 55.6 Å². The molecule has 0 unspecified atom stereocenters. The lowest BCUT2D eigenvalue weighted by Crippen LogP contribution is -2.69. The summed E-state index contributed by atoms with van der Waals surface area (Å²) in [5.41, 5.74) is 2.21. The van der Waals surface area contributed by atoms with Gasteiger partial charge in [-0.3, -0.25) is 4.79 Å². The molecule has 55 heavy (non-hydrogen) atoms. The fourth-order valence-electron chi connectivity index (χ4n) is 15.7. The third-order valence-electron chi connectivity index (χ3n) is 18.4. The third-order valence-corrected chi connectivity index (χ3v) is 20.9. The van der Waals surface area contributed by atoms with Crippen LogP contribution in [0.3, 0.4) is 0 Å². The fourth-order valence-corrected chi connectivity index (χ4v) is 18.4. The number of rotatable bonds is 1. The van der Waals surface area contributed by atoms with E-state index in [0.29, 0.717) is 24.2 Å². The van der Waals surface area contributed by atoms with Gasteiger partial charge < -0.3 is 25.0 Å². The molecule has 2 heterocycles. The molecule has 1 aromatic heterocycles. The zero-order valence-electron chi connectivity index (χ0n) is 34.1. The van der Waals surface area contributed by atoms with E-state index in [4.69, 9.17) is 0 Å². The molecule has 304 valence electrons. The first-order valence-electron chi connectivity index (χ1n) is 22.1. The van der Waals surface area contributed by atoms with Gasteiger partial charge in [0, 0.05) is 47.2 Å². The molecular weight excluding hydrogens is 725 g/mol. The Balaban J connectivity index is 1.13. The van der Waals surface area contributed by atoms with Crippen LogP contribution >= 0.6 is 21.6 Å². The molecule has 9 rings (SSSR count). The molecule has 1 saturated heterocycles. The summed E-state index contributed by atoms with van der Waals surface area (Å²) in [6.45, 7) is 11.7. The van der Waals surface area contributed by atoms with Gasteiger partial charge >= 0.3 is 0 Å². The van der Waals surface area contributed by atoms with Crippen molar-refractivity contribution in [3.05, 3.63) is 41.5 Å². The zero-order chi connectivity index (χ0) is 38.7. The van der Waals surface area contributed by atoms with Crippen LogP contribution in [0.5, 0.6) is 0 Å². The van der Waals surface area contributed by atoms with Gasteiger partial charge in [-0.1, -0.05) is 80.2 Å². The predicted molar refractivity (Wildman–Crippen MR) is 221 cm³/mol. The highest BCUT2D eigenvalue weighted by Gasteiger charge is 2.74. The number of nitrogens with zero attached hydrogens (tertiary/aromatic N) is 2.